The molecule has 0 spiro atoms. The van der Waals surface area contributed by atoms with E-state index in [-0.39, 0.29) is 13.1 Å². The van der Waals surface area contributed by atoms with Crippen molar-refractivity contribution in [2.45, 2.75) is 19.6 Å². The number of urea groups is 1. The van der Waals surface area contributed by atoms with Crippen molar-refractivity contribution in [2.75, 3.05) is 6.54 Å². The molecule has 98 valence electrons. The minimum atomic E-state index is -1.60. The van der Waals surface area contributed by atoms with Gasteiger partial charge in [0.15, 0.2) is 6.10 Å². The first-order valence-electron chi connectivity index (χ1n) is 5.32. The molecule has 0 aliphatic rings. The zero-order chi connectivity index (χ0) is 13.5. The molecule has 0 fully saturated rings. The molecule has 0 saturated carbocycles. The topological polar surface area (TPSA) is 112 Å². The van der Waals surface area contributed by atoms with Gasteiger partial charge in [-0.05, 0) is 24.1 Å². The molecule has 0 radical (unpaired) electrons. The maximum absolute atomic E-state index is 11.3. The van der Waals surface area contributed by atoms with Crippen molar-refractivity contribution in [3.05, 3.63) is 29.6 Å². The van der Waals surface area contributed by atoms with Crippen LogP contribution in [0.5, 0.6) is 0 Å². The first-order chi connectivity index (χ1) is 8.50. The van der Waals surface area contributed by atoms with Gasteiger partial charge >= 0.3 is 12.0 Å². The van der Waals surface area contributed by atoms with Crippen molar-refractivity contribution in [1.29, 1.82) is 0 Å². The largest absolute Gasteiger partial charge is 0.479 e. The van der Waals surface area contributed by atoms with Crippen molar-refractivity contribution >= 4 is 12.0 Å². The van der Waals surface area contributed by atoms with E-state index in [4.69, 9.17) is 10.2 Å². The van der Waals surface area contributed by atoms with E-state index in [1.54, 1.807) is 12.4 Å². The molecule has 0 unspecified atom stereocenters. The number of carboxylic acids is 1. The molecule has 4 N–H and O–H groups in total. The van der Waals surface area contributed by atoms with Crippen LogP contribution < -0.4 is 10.6 Å². The molecular formula is C11H15N3O4. The van der Waals surface area contributed by atoms with Crippen LogP contribution in [0.1, 0.15) is 11.1 Å². The lowest BCUT2D eigenvalue weighted by Crippen LogP contribution is -2.41. The molecule has 1 heterocycles. The number of carbonyl (C=O) groups excluding carboxylic acids is 1. The van der Waals surface area contributed by atoms with E-state index in [1.807, 2.05) is 13.0 Å². The summed E-state index contributed by atoms with van der Waals surface area (Å²) in [6.07, 6.45) is 1.69. The molecule has 7 nitrogen and oxygen atoms in total. The van der Waals surface area contributed by atoms with E-state index in [1.165, 1.54) is 0 Å². The Morgan fingerprint density at radius 2 is 2.17 bits per heavy atom. The summed E-state index contributed by atoms with van der Waals surface area (Å²) in [5, 5.41) is 22.2. The summed E-state index contributed by atoms with van der Waals surface area (Å²) in [7, 11) is 0. The molecule has 7 heteroatoms. The SMILES string of the molecule is Cc1ccncc1CNC(=O)NC[C@H](O)C(=O)O. The highest BCUT2D eigenvalue weighted by atomic mass is 16.4. The number of carbonyl (C=O) groups is 2. The third kappa shape index (κ3) is 4.38. The maximum Gasteiger partial charge on any atom is 0.334 e. The van der Waals surface area contributed by atoms with Gasteiger partial charge in [0.05, 0.1) is 6.54 Å². The van der Waals surface area contributed by atoms with Crippen LogP contribution in [0.15, 0.2) is 18.5 Å². The van der Waals surface area contributed by atoms with Crippen LogP contribution in [0.4, 0.5) is 4.79 Å². The van der Waals surface area contributed by atoms with Crippen molar-refractivity contribution in [1.82, 2.24) is 15.6 Å². The smallest absolute Gasteiger partial charge is 0.334 e. The molecule has 0 aromatic carbocycles. The molecule has 0 aliphatic heterocycles. The van der Waals surface area contributed by atoms with Crippen molar-refractivity contribution in [3.63, 3.8) is 0 Å². The van der Waals surface area contributed by atoms with Crippen LogP contribution in [-0.4, -0.2) is 39.8 Å². The Kier molecular flexibility index (Phi) is 5.06. The Labute approximate surface area is 104 Å². The molecule has 0 aliphatic carbocycles. The Morgan fingerprint density at radius 1 is 1.44 bits per heavy atom. The second-order valence-electron chi connectivity index (χ2n) is 3.72. The Balaban J connectivity index is 2.34. The lowest BCUT2D eigenvalue weighted by atomic mass is 10.2. The number of aliphatic carboxylic acids is 1. The molecule has 0 bridgehead atoms. The predicted octanol–water partition coefficient (Wildman–Crippen LogP) is -0.365. The van der Waals surface area contributed by atoms with E-state index in [0.717, 1.165) is 11.1 Å². The van der Waals surface area contributed by atoms with Gasteiger partial charge in [-0.25, -0.2) is 9.59 Å². The van der Waals surface area contributed by atoms with Gasteiger partial charge in [0, 0.05) is 18.9 Å². The molecule has 1 aromatic rings. The second-order valence-corrected chi connectivity index (χ2v) is 3.72. The van der Waals surface area contributed by atoms with Crippen LogP contribution >= 0.6 is 0 Å². The number of amides is 2. The zero-order valence-electron chi connectivity index (χ0n) is 9.88. The molecule has 1 aromatic heterocycles. The Morgan fingerprint density at radius 3 is 2.78 bits per heavy atom. The Hall–Kier alpha value is -2.15. The summed E-state index contributed by atoms with van der Waals surface area (Å²) < 4.78 is 0. The van der Waals surface area contributed by atoms with Crippen molar-refractivity contribution in [2.24, 2.45) is 0 Å². The number of pyridine rings is 1. The van der Waals surface area contributed by atoms with Crippen LogP contribution in [0.2, 0.25) is 0 Å². The number of nitrogens with zero attached hydrogens (tertiary/aromatic N) is 1. The summed E-state index contributed by atoms with van der Waals surface area (Å²) in [6, 6.07) is 1.28. The minimum absolute atomic E-state index is 0.286. The molecule has 1 atom stereocenters. The number of aliphatic hydroxyl groups is 1. The predicted molar refractivity (Wildman–Crippen MR) is 62.9 cm³/mol. The lowest BCUT2D eigenvalue weighted by Gasteiger charge is -2.10. The highest BCUT2D eigenvalue weighted by molar-refractivity contribution is 5.76. The van der Waals surface area contributed by atoms with E-state index >= 15 is 0 Å². The van der Waals surface area contributed by atoms with Crippen LogP contribution in [-0.2, 0) is 11.3 Å². The fraction of sp³-hybridized carbons (Fsp3) is 0.364. The van der Waals surface area contributed by atoms with E-state index in [2.05, 4.69) is 15.6 Å². The summed E-state index contributed by atoms with van der Waals surface area (Å²) in [4.78, 5) is 25.5. The molecule has 1 rings (SSSR count). The number of carboxylic acid groups (broad SMARTS) is 1. The van der Waals surface area contributed by atoms with Crippen molar-refractivity contribution in [3.8, 4) is 0 Å². The van der Waals surface area contributed by atoms with E-state index in [9.17, 15) is 9.59 Å². The first kappa shape index (κ1) is 13.9. The summed E-state index contributed by atoms with van der Waals surface area (Å²) in [6.45, 7) is 1.84. The van der Waals surface area contributed by atoms with Gasteiger partial charge in [0.2, 0.25) is 0 Å². The summed E-state index contributed by atoms with van der Waals surface area (Å²) in [5.41, 5.74) is 1.86. The average Bonchev–Trinajstić information content (AvgIpc) is 2.34. The van der Waals surface area contributed by atoms with Crippen LogP contribution in [0.3, 0.4) is 0 Å². The average molecular weight is 253 g/mol. The number of aromatic nitrogens is 1. The zero-order valence-corrected chi connectivity index (χ0v) is 9.88. The first-order valence-corrected chi connectivity index (χ1v) is 5.32. The third-order valence-electron chi connectivity index (χ3n) is 2.33. The van der Waals surface area contributed by atoms with Crippen LogP contribution in [0.25, 0.3) is 0 Å². The van der Waals surface area contributed by atoms with Crippen molar-refractivity contribution < 1.29 is 19.8 Å². The van der Waals surface area contributed by atoms with Gasteiger partial charge in [-0.2, -0.15) is 0 Å². The molecule has 2 amide bonds. The van der Waals surface area contributed by atoms with E-state index < -0.39 is 18.1 Å². The molecular weight excluding hydrogens is 238 g/mol. The van der Waals surface area contributed by atoms with Crippen LogP contribution in [0, 0.1) is 6.92 Å². The normalized spacial score (nSPS) is 11.7. The molecule has 0 saturated heterocycles. The summed E-state index contributed by atoms with van der Waals surface area (Å²) in [5.74, 6) is -1.38. The number of aryl methyl sites for hydroxylation is 1. The van der Waals surface area contributed by atoms with Gasteiger partial charge < -0.3 is 20.8 Å². The fourth-order valence-corrected chi connectivity index (χ4v) is 1.20. The number of nitrogens with one attached hydrogen (secondary N) is 2. The maximum atomic E-state index is 11.3. The number of rotatable bonds is 5. The number of aliphatic hydroxyl groups excluding tert-OH is 1. The van der Waals surface area contributed by atoms with Gasteiger partial charge in [0.1, 0.15) is 0 Å². The lowest BCUT2D eigenvalue weighted by molar-refractivity contribution is -0.146. The van der Waals surface area contributed by atoms with E-state index in [0.29, 0.717) is 0 Å². The number of hydrogen-bond donors (Lipinski definition) is 4. The molecule has 18 heavy (non-hydrogen) atoms. The monoisotopic (exact) mass is 253 g/mol. The Bertz CT molecular complexity index is 436. The standard InChI is InChI=1S/C11H15N3O4/c1-7-2-3-12-4-8(7)5-13-11(18)14-6-9(15)10(16)17/h2-4,9,15H,5-6H2,1H3,(H,16,17)(H2,13,14,18)/t9-/m0/s1. The van der Waals surface area contributed by atoms with Gasteiger partial charge in [0.25, 0.3) is 0 Å². The van der Waals surface area contributed by atoms with Gasteiger partial charge in [-0.3, -0.25) is 4.98 Å². The highest BCUT2D eigenvalue weighted by Crippen LogP contribution is 2.03. The van der Waals surface area contributed by atoms with Gasteiger partial charge in [-0.1, -0.05) is 0 Å². The second kappa shape index (κ2) is 6.55. The number of hydrogen-bond acceptors (Lipinski definition) is 4. The summed E-state index contributed by atoms with van der Waals surface area (Å²) >= 11 is 0. The quantitative estimate of drug-likeness (QED) is 0.572. The third-order valence-corrected chi connectivity index (χ3v) is 2.33. The minimum Gasteiger partial charge on any atom is -0.479 e. The van der Waals surface area contributed by atoms with Gasteiger partial charge in [-0.15, -0.1) is 0 Å². The fourth-order valence-electron chi connectivity index (χ4n) is 1.20. The highest BCUT2D eigenvalue weighted by Gasteiger charge is 2.13.